The maximum atomic E-state index is 15.1. The second kappa shape index (κ2) is 13.0. The molecule has 4 fully saturated rings. The number of anilines is 2. The highest BCUT2D eigenvalue weighted by atomic mass is 16.1. The first-order valence-corrected chi connectivity index (χ1v) is 18.4. The Morgan fingerprint density at radius 2 is 1.17 bits per heavy atom. The number of piperidine rings is 2. The summed E-state index contributed by atoms with van der Waals surface area (Å²) >= 11 is 0. The van der Waals surface area contributed by atoms with Crippen LogP contribution in [-0.4, -0.2) is 110 Å². The Balaban J connectivity index is 1.04. The van der Waals surface area contributed by atoms with E-state index in [2.05, 4.69) is 79.6 Å². The summed E-state index contributed by atoms with van der Waals surface area (Å²) in [6, 6.07) is 4.64. The maximum absolute atomic E-state index is 15.1. The number of hydrogen-bond acceptors (Lipinski definition) is 9. The Morgan fingerprint density at radius 1 is 0.729 bits per heavy atom. The lowest BCUT2D eigenvalue weighted by atomic mass is 9.86. The van der Waals surface area contributed by atoms with Crippen LogP contribution in [0.25, 0.3) is 22.1 Å². The first-order chi connectivity index (χ1) is 23.4. The summed E-state index contributed by atoms with van der Waals surface area (Å²) < 4.78 is 0. The molecule has 2 aliphatic heterocycles. The zero-order chi connectivity index (χ0) is 32.9. The second-order valence-electron chi connectivity index (χ2n) is 15.5. The third-order valence-electron chi connectivity index (χ3n) is 12.3. The molecule has 0 aromatic carbocycles. The number of nitrogens with one attached hydrogen (secondary N) is 2. The van der Waals surface area contributed by atoms with Gasteiger partial charge in [0.25, 0.3) is 0 Å². The zero-order valence-corrected chi connectivity index (χ0v) is 29.1. The van der Waals surface area contributed by atoms with E-state index >= 15 is 4.79 Å². The molecule has 2 N–H and O–H groups in total. The molecule has 256 valence electrons. The topological polar surface area (TPSA) is 113 Å². The molecule has 6 unspecified atom stereocenters. The van der Waals surface area contributed by atoms with Crippen molar-refractivity contribution in [3.05, 3.63) is 37.2 Å². The van der Waals surface area contributed by atoms with Gasteiger partial charge >= 0.3 is 0 Å². The average Bonchev–Trinajstić information content (AvgIpc) is 4.01. The van der Waals surface area contributed by atoms with Crippen LogP contribution in [0.5, 0.6) is 0 Å². The number of likely N-dealkylation sites (N-methyl/N-ethyl adjacent to an activating group) is 2. The number of ketones is 1. The molecule has 11 nitrogen and oxygen atoms in total. The van der Waals surface area contributed by atoms with E-state index in [0.717, 1.165) is 85.6 Å². The van der Waals surface area contributed by atoms with E-state index in [1.54, 1.807) is 12.7 Å². The fourth-order valence-electron chi connectivity index (χ4n) is 8.77. The Bertz CT molecular complexity index is 1600. The van der Waals surface area contributed by atoms with Crippen molar-refractivity contribution in [2.75, 3.05) is 50.1 Å². The van der Waals surface area contributed by atoms with E-state index in [1.165, 1.54) is 25.7 Å². The molecular formula is C37H52N10O. The smallest absolute Gasteiger partial charge is 0.167 e. The van der Waals surface area contributed by atoms with Crippen LogP contribution in [0, 0.1) is 23.7 Å². The summed E-state index contributed by atoms with van der Waals surface area (Å²) in [6.45, 7) is 8.47. The van der Waals surface area contributed by atoms with Crippen LogP contribution in [0.4, 0.5) is 11.6 Å². The van der Waals surface area contributed by atoms with Crippen molar-refractivity contribution in [1.29, 1.82) is 0 Å². The second-order valence-corrected chi connectivity index (χ2v) is 15.5. The van der Waals surface area contributed by atoms with Crippen LogP contribution in [0.15, 0.2) is 37.2 Å². The van der Waals surface area contributed by atoms with Crippen molar-refractivity contribution < 1.29 is 4.79 Å². The third-order valence-corrected chi connectivity index (χ3v) is 12.3. The van der Waals surface area contributed by atoms with Gasteiger partial charge in [0.2, 0.25) is 0 Å². The molecule has 6 atom stereocenters. The molecule has 11 heteroatoms. The standard InChI is InChI=1S/C37H52N10O/c1-23-11-15-46(19-31(23)44(3)36-27-9-13-38-34(27)40-21-42-36)29(17-25-5-6-25)33(48)30(18-26-7-8-26)47-16-12-24(2)32(20-47)45(4)37-28-10-14-39-35(28)41-22-43-37/h9-10,13-14,21-26,29-32H,5-8,11-12,15-20H2,1-4H3,(H,38,40,42)(H,39,41,43). The lowest BCUT2D eigenvalue weighted by Gasteiger charge is -2.47. The van der Waals surface area contributed by atoms with Gasteiger partial charge < -0.3 is 19.8 Å². The number of aromatic amines is 2. The van der Waals surface area contributed by atoms with E-state index in [1.807, 2.05) is 12.4 Å². The lowest BCUT2D eigenvalue weighted by Crippen LogP contribution is -2.61. The molecule has 0 radical (unpaired) electrons. The molecule has 4 aromatic heterocycles. The average molecular weight is 653 g/mol. The van der Waals surface area contributed by atoms with E-state index in [0.29, 0.717) is 29.5 Å². The SMILES string of the molecule is CC1CCN(C(CC2CC2)C(=O)C(CC2CC2)N2CCC(C)C(N(C)c3ncnc4[nH]ccc34)C2)CC1N(C)c1ncnc2[nH]ccc12. The van der Waals surface area contributed by atoms with Gasteiger partial charge in [-0.15, -0.1) is 0 Å². The number of hydrogen-bond donors (Lipinski definition) is 2. The van der Waals surface area contributed by atoms with Gasteiger partial charge in [-0.3, -0.25) is 14.6 Å². The van der Waals surface area contributed by atoms with Gasteiger partial charge in [-0.05, 0) is 74.6 Å². The van der Waals surface area contributed by atoms with Crippen molar-refractivity contribution in [2.24, 2.45) is 23.7 Å². The van der Waals surface area contributed by atoms with Crippen LogP contribution in [0.1, 0.15) is 65.2 Å². The first-order valence-electron chi connectivity index (χ1n) is 18.4. The highest BCUT2D eigenvalue weighted by Gasteiger charge is 2.45. The molecule has 2 saturated carbocycles. The molecule has 2 saturated heterocycles. The van der Waals surface area contributed by atoms with Crippen LogP contribution in [-0.2, 0) is 4.79 Å². The molecule has 48 heavy (non-hydrogen) atoms. The lowest BCUT2D eigenvalue weighted by molar-refractivity contribution is -0.132. The molecule has 6 heterocycles. The molecule has 0 amide bonds. The Kier molecular flexibility index (Phi) is 8.61. The predicted molar refractivity (Wildman–Crippen MR) is 190 cm³/mol. The number of H-pyrrole nitrogens is 2. The largest absolute Gasteiger partial charge is 0.354 e. The zero-order valence-electron chi connectivity index (χ0n) is 29.1. The van der Waals surface area contributed by atoms with Gasteiger partial charge in [0.05, 0.1) is 22.9 Å². The van der Waals surface area contributed by atoms with Gasteiger partial charge in [0, 0.05) is 51.7 Å². The molecular weight excluding hydrogens is 600 g/mol. The van der Waals surface area contributed by atoms with Crippen LogP contribution < -0.4 is 9.80 Å². The number of nitrogens with zero attached hydrogens (tertiary/aromatic N) is 8. The quantitative estimate of drug-likeness (QED) is 0.215. The first kappa shape index (κ1) is 31.7. The number of fused-ring (bicyclic) bond motifs is 2. The number of rotatable bonds is 12. The fourth-order valence-corrected chi connectivity index (χ4v) is 8.77. The van der Waals surface area contributed by atoms with Gasteiger partial charge in [-0.1, -0.05) is 39.5 Å². The Hall–Kier alpha value is -3.57. The molecule has 2 aliphatic carbocycles. The molecule has 0 spiro atoms. The number of likely N-dealkylation sites (tertiary alicyclic amines) is 2. The molecule has 8 rings (SSSR count). The van der Waals surface area contributed by atoms with Crippen molar-refractivity contribution in [3.8, 4) is 0 Å². The fraction of sp³-hybridized carbons (Fsp3) is 0.649. The van der Waals surface area contributed by atoms with Gasteiger partial charge in [0.1, 0.15) is 35.6 Å². The molecule has 0 bridgehead atoms. The minimum Gasteiger partial charge on any atom is -0.354 e. The maximum Gasteiger partial charge on any atom is 0.167 e. The highest BCUT2D eigenvalue weighted by Crippen LogP contribution is 2.41. The summed E-state index contributed by atoms with van der Waals surface area (Å²) in [7, 11) is 4.36. The predicted octanol–water partition coefficient (Wildman–Crippen LogP) is 5.13. The van der Waals surface area contributed by atoms with Gasteiger partial charge in [0.15, 0.2) is 5.78 Å². The summed E-state index contributed by atoms with van der Waals surface area (Å²) in [5.74, 6) is 4.78. The van der Waals surface area contributed by atoms with Gasteiger partial charge in [-0.25, -0.2) is 19.9 Å². The van der Waals surface area contributed by atoms with Crippen molar-refractivity contribution in [2.45, 2.75) is 89.4 Å². The molecule has 4 aliphatic rings. The highest BCUT2D eigenvalue weighted by molar-refractivity contribution is 5.90. The minimum atomic E-state index is -0.0285. The van der Waals surface area contributed by atoms with Crippen LogP contribution in [0.3, 0.4) is 0 Å². The van der Waals surface area contributed by atoms with E-state index in [4.69, 9.17) is 9.97 Å². The number of carbonyl (C=O) groups excluding carboxylic acids is 1. The number of Topliss-reactive ketones (excluding diaryl/α,β-unsaturated/α-hetero) is 1. The van der Waals surface area contributed by atoms with Crippen molar-refractivity contribution >= 4 is 39.5 Å². The Morgan fingerprint density at radius 3 is 1.58 bits per heavy atom. The normalized spacial score (nSPS) is 26.9. The summed E-state index contributed by atoms with van der Waals surface area (Å²) in [5, 5.41) is 2.11. The third kappa shape index (κ3) is 6.19. The van der Waals surface area contributed by atoms with Crippen LogP contribution in [0.2, 0.25) is 0 Å². The van der Waals surface area contributed by atoms with E-state index in [9.17, 15) is 0 Å². The monoisotopic (exact) mass is 652 g/mol. The van der Waals surface area contributed by atoms with Gasteiger partial charge in [-0.2, -0.15) is 0 Å². The number of carbonyl (C=O) groups is 1. The van der Waals surface area contributed by atoms with E-state index in [-0.39, 0.29) is 24.2 Å². The van der Waals surface area contributed by atoms with Crippen molar-refractivity contribution in [1.82, 2.24) is 39.7 Å². The number of aromatic nitrogens is 6. The minimum absolute atomic E-state index is 0.0285. The van der Waals surface area contributed by atoms with E-state index < -0.39 is 0 Å². The summed E-state index contributed by atoms with van der Waals surface area (Å²) in [5.41, 5.74) is 1.74. The molecule has 4 aromatic rings. The van der Waals surface area contributed by atoms with Crippen molar-refractivity contribution in [3.63, 3.8) is 0 Å². The Labute approximate surface area is 283 Å². The summed E-state index contributed by atoms with van der Waals surface area (Å²) in [6.07, 6.45) is 16.4. The summed E-state index contributed by atoms with van der Waals surface area (Å²) in [4.78, 5) is 49.8. The van der Waals surface area contributed by atoms with Crippen LogP contribution >= 0.6 is 0 Å².